The third kappa shape index (κ3) is 5.13. The summed E-state index contributed by atoms with van der Waals surface area (Å²) >= 11 is 1.14. The molecule has 146 valence electrons. The number of ether oxygens (including phenoxy) is 1. The van der Waals surface area contributed by atoms with Crippen molar-refractivity contribution in [3.63, 3.8) is 0 Å². The average Bonchev–Trinajstić information content (AvgIpc) is 3.09. The highest BCUT2D eigenvalue weighted by atomic mass is 32.2. The first-order valence-corrected chi connectivity index (χ1v) is 9.91. The number of oxazole rings is 1. The number of para-hydroxylation sites is 2. The molecule has 0 radical (unpaired) electrons. The lowest BCUT2D eigenvalue weighted by atomic mass is 10.0. The lowest BCUT2D eigenvalue weighted by molar-refractivity contribution is -0.146. The number of hydrogen-bond donors (Lipinski definition) is 1. The molecule has 1 atom stereocenters. The number of thioether (sulfide) groups is 1. The number of fused-ring (bicyclic) bond motifs is 1. The molecule has 0 aliphatic carbocycles. The molecule has 1 N–H and O–H groups in total. The molecule has 0 bridgehead atoms. The SMILES string of the molecule is Cc1ccc([C@H](C)NC(=O)COC(=O)CSc2nc3ccccc3o2)cc1C. The first-order valence-electron chi connectivity index (χ1n) is 8.93. The summed E-state index contributed by atoms with van der Waals surface area (Å²) in [4.78, 5) is 28.2. The largest absolute Gasteiger partial charge is 0.455 e. The molecule has 1 aromatic heterocycles. The minimum atomic E-state index is -0.499. The van der Waals surface area contributed by atoms with E-state index in [1.165, 1.54) is 11.1 Å². The Morgan fingerprint density at radius 2 is 1.96 bits per heavy atom. The minimum Gasteiger partial charge on any atom is -0.455 e. The van der Waals surface area contributed by atoms with E-state index >= 15 is 0 Å². The zero-order valence-corrected chi connectivity index (χ0v) is 16.8. The molecule has 0 saturated heterocycles. The van der Waals surface area contributed by atoms with Crippen molar-refractivity contribution in [3.8, 4) is 0 Å². The van der Waals surface area contributed by atoms with Crippen molar-refractivity contribution in [2.45, 2.75) is 32.0 Å². The summed E-state index contributed by atoms with van der Waals surface area (Å²) in [5.74, 6) is -0.820. The molecule has 1 heterocycles. The molecule has 0 spiro atoms. The lowest BCUT2D eigenvalue weighted by Gasteiger charge is -2.15. The number of benzene rings is 2. The molecule has 1 amide bonds. The van der Waals surface area contributed by atoms with E-state index in [2.05, 4.69) is 10.3 Å². The number of nitrogens with one attached hydrogen (secondary N) is 1. The lowest BCUT2D eigenvalue weighted by Crippen LogP contribution is -2.31. The van der Waals surface area contributed by atoms with Crippen LogP contribution in [0.5, 0.6) is 0 Å². The van der Waals surface area contributed by atoms with Crippen LogP contribution in [-0.2, 0) is 14.3 Å². The Bertz CT molecular complexity index is 966. The zero-order chi connectivity index (χ0) is 20.1. The number of carbonyl (C=O) groups excluding carboxylic acids is 2. The van der Waals surface area contributed by atoms with Crippen LogP contribution in [0.25, 0.3) is 11.1 Å². The van der Waals surface area contributed by atoms with E-state index < -0.39 is 5.97 Å². The van der Waals surface area contributed by atoms with Crippen molar-refractivity contribution < 1.29 is 18.7 Å². The highest BCUT2D eigenvalue weighted by molar-refractivity contribution is 7.99. The molecule has 2 aromatic carbocycles. The second kappa shape index (κ2) is 8.93. The van der Waals surface area contributed by atoms with Crippen molar-refractivity contribution in [1.82, 2.24) is 10.3 Å². The number of carbonyl (C=O) groups is 2. The van der Waals surface area contributed by atoms with Gasteiger partial charge in [0.1, 0.15) is 11.3 Å². The van der Waals surface area contributed by atoms with Gasteiger partial charge >= 0.3 is 5.97 Å². The van der Waals surface area contributed by atoms with Gasteiger partial charge in [-0.15, -0.1) is 0 Å². The Hall–Kier alpha value is -2.80. The third-order valence-electron chi connectivity index (χ3n) is 4.36. The van der Waals surface area contributed by atoms with Gasteiger partial charge in [0, 0.05) is 0 Å². The molecule has 3 rings (SSSR count). The second-order valence-electron chi connectivity index (χ2n) is 6.53. The van der Waals surface area contributed by atoms with Crippen LogP contribution in [0.4, 0.5) is 0 Å². The van der Waals surface area contributed by atoms with Crippen LogP contribution >= 0.6 is 11.8 Å². The number of hydrogen-bond acceptors (Lipinski definition) is 6. The summed E-state index contributed by atoms with van der Waals surface area (Å²) in [7, 11) is 0. The molecule has 3 aromatic rings. The molecule has 28 heavy (non-hydrogen) atoms. The van der Waals surface area contributed by atoms with Crippen LogP contribution in [0.2, 0.25) is 0 Å². The van der Waals surface area contributed by atoms with Crippen LogP contribution in [0.1, 0.15) is 29.7 Å². The summed E-state index contributed by atoms with van der Waals surface area (Å²) < 4.78 is 10.6. The average molecular weight is 398 g/mol. The maximum Gasteiger partial charge on any atom is 0.316 e. The molecule has 0 unspecified atom stereocenters. The maximum atomic E-state index is 12.0. The van der Waals surface area contributed by atoms with Gasteiger partial charge in [0.05, 0.1) is 6.04 Å². The van der Waals surface area contributed by atoms with E-state index in [1.54, 1.807) is 0 Å². The smallest absolute Gasteiger partial charge is 0.316 e. The number of amides is 1. The number of aromatic nitrogens is 1. The van der Waals surface area contributed by atoms with E-state index in [-0.39, 0.29) is 24.3 Å². The molecular weight excluding hydrogens is 376 g/mol. The van der Waals surface area contributed by atoms with E-state index in [0.717, 1.165) is 22.8 Å². The fraction of sp³-hybridized carbons (Fsp3) is 0.286. The predicted octanol–water partition coefficient (Wildman–Crippen LogP) is 3.96. The predicted molar refractivity (Wildman–Crippen MR) is 108 cm³/mol. The Labute approximate surface area is 167 Å². The van der Waals surface area contributed by atoms with Crippen LogP contribution in [0.3, 0.4) is 0 Å². The van der Waals surface area contributed by atoms with Crippen molar-refractivity contribution >= 4 is 34.7 Å². The molecule has 0 saturated carbocycles. The van der Waals surface area contributed by atoms with Gasteiger partial charge in [-0.1, -0.05) is 42.1 Å². The van der Waals surface area contributed by atoms with Gasteiger partial charge in [-0.25, -0.2) is 4.98 Å². The van der Waals surface area contributed by atoms with Gasteiger partial charge in [0.2, 0.25) is 0 Å². The number of aryl methyl sites for hydroxylation is 2. The van der Waals surface area contributed by atoms with Crippen LogP contribution < -0.4 is 5.32 Å². The summed E-state index contributed by atoms with van der Waals surface area (Å²) in [6.07, 6.45) is 0. The van der Waals surface area contributed by atoms with Crippen molar-refractivity contribution in [2.24, 2.45) is 0 Å². The third-order valence-corrected chi connectivity index (χ3v) is 5.16. The van der Waals surface area contributed by atoms with E-state index in [9.17, 15) is 9.59 Å². The molecule has 7 heteroatoms. The topological polar surface area (TPSA) is 81.4 Å². The van der Waals surface area contributed by atoms with Crippen LogP contribution in [-0.4, -0.2) is 29.2 Å². The normalized spacial score (nSPS) is 12.0. The molecular formula is C21H22N2O4S. The molecule has 6 nitrogen and oxygen atoms in total. The Kier molecular flexibility index (Phi) is 6.36. The van der Waals surface area contributed by atoms with Gasteiger partial charge in [0.25, 0.3) is 11.1 Å². The first-order chi connectivity index (χ1) is 13.4. The summed E-state index contributed by atoms with van der Waals surface area (Å²) in [6.45, 7) is 5.65. The van der Waals surface area contributed by atoms with Gasteiger partial charge in [0.15, 0.2) is 12.2 Å². The Morgan fingerprint density at radius 3 is 2.71 bits per heavy atom. The quantitative estimate of drug-likeness (QED) is 0.479. The second-order valence-corrected chi connectivity index (χ2v) is 7.46. The van der Waals surface area contributed by atoms with Crippen LogP contribution in [0.15, 0.2) is 52.1 Å². The summed E-state index contributed by atoms with van der Waals surface area (Å²) in [6, 6.07) is 13.3. The fourth-order valence-electron chi connectivity index (χ4n) is 2.62. The monoisotopic (exact) mass is 398 g/mol. The van der Waals surface area contributed by atoms with Gasteiger partial charge in [-0.2, -0.15) is 0 Å². The highest BCUT2D eigenvalue weighted by Crippen LogP contribution is 2.23. The minimum absolute atomic E-state index is 0.0206. The standard InChI is InChI=1S/C21H22N2O4S/c1-13-8-9-16(10-14(13)2)15(3)22-19(24)11-26-20(25)12-28-21-23-17-6-4-5-7-18(17)27-21/h4-10,15H,11-12H2,1-3H3,(H,22,24)/t15-/m0/s1. The fourth-order valence-corrected chi connectivity index (χ4v) is 3.26. The molecule has 0 aliphatic heterocycles. The van der Waals surface area contributed by atoms with Gasteiger partial charge in [-0.3, -0.25) is 9.59 Å². The number of esters is 1. The Morgan fingerprint density at radius 1 is 1.18 bits per heavy atom. The molecule has 0 fully saturated rings. The van der Waals surface area contributed by atoms with Crippen molar-refractivity contribution in [1.29, 1.82) is 0 Å². The molecule has 0 aliphatic rings. The van der Waals surface area contributed by atoms with Crippen molar-refractivity contribution in [3.05, 3.63) is 59.2 Å². The number of rotatable bonds is 7. The van der Waals surface area contributed by atoms with Gasteiger partial charge < -0.3 is 14.5 Å². The van der Waals surface area contributed by atoms with Crippen LogP contribution in [0, 0.1) is 13.8 Å². The Balaban J connectivity index is 1.43. The zero-order valence-electron chi connectivity index (χ0n) is 16.0. The first kappa shape index (κ1) is 19.9. The van der Waals surface area contributed by atoms with E-state index in [1.807, 2.05) is 63.2 Å². The highest BCUT2D eigenvalue weighted by Gasteiger charge is 2.14. The van der Waals surface area contributed by atoms with E-state index in [0.29, 0.717) is 10.8 Å². The van der Waals surface area contributed by atoms with Crippen molar-refractivity contribution in [2.75, 3.05) is 12.4 Å². The van der Waals surface area contributed by atoms with E-state index in [4.69, 9.17) is 9.15 Å². The summed E-state index contributed by atoms with van der Waals surface area (Å²) in [5, 5.41) is 3.23. The van der Waals surface area contributed by atoms with Gasteiger partial charge in [-0.05, 0) is 49.6 Å². The number of nitrogens with zero attached hydrogens (tertiary/aromatic N) is 1. The summed E-state index contributed by atoms with van der Waals surface area (Å²) in [5.41, 5.74) is 4.78. The maximum absolute atomic E-state index is 12.0.